The molecular formula is C15H15ClN2O2. The lowest BCUT2D eigenvalue weighted by Crippen LogP contribution is -2.13. The van der Waals surface area contributed by atoms with Crippen LogP contribution in [0.2, 0.25) is 5.02 Å². The van der Waals surface area contributed by atoms with Crippen LogP contribution in [0, 0.1) is 0 Å². The maximum Gasteiger partial charge on any atom is 0.257 e. The highest BCUT2D eigenvalue weighted by Gasteiger charge is 2.12. The van der Waals surface area contributed by atoms with Crippen LogP contribution < -0.4 is 11.1 Å². The predicted molar refractivity (Wildman–Crippen MR) is 81.0 cm³/mol. The third-order valence-electron chi connectivity index (χ3n) is 2.89. The minimum absolute atomic E-state index is 0.102. The Morgan fingerprint density at radius 1 is 1.20 bits per heavy atom. The summed E-state index contributed by atoms with van der Waals surface area (Å²) in [6.45, 7) is 0.102. The third-order valence-corrected chi connectivity index (χ3v) is 3.31. The lowest BCUT2D eigenvalue weighted by atomic mass is 10.1. The van der Waals surface area contributed by atoms with Crippen LogP contribution in [0.1, 0.15) is 15.9 Å². The van der Waals surface area contributed by atoms with E-state index >= 15 is 0 Å². The van der Waals surface area contributed by atoms with E-state index in [2.05, 4.69) is 5.32 Å². The Bertz CT molecular complexity index is 612. The second kappa shape index (κ2) is 6.41. The first-order chi connectivity index (χ1) is 9.61. The van der Waals surface area contributed by atoms with Crippen LogP contribution in [0.5, 0.6) is 0 Å². The van der Waals surface area contributed by atoms with Gasteiger partial charge in [-0.05, 0) is 36.2 Å². The molecule has 0 fully saturated rings. The van der Waals surface area contributed by atoms with E-state index in [1.54, 1.807) is 30.3 Å². The molecule has 1 amide bonds. The second-order valence-corrected chi connectivity index (χ2v) is 4.71. The second-order valence-electron chi connectivity index (χ2n) is 4.33. The number of hydrogen-bond donors (Lipinski definition) is 3. The van der Waals surface area contributed by atoms with Gasteiger partial charge in [0.1, 0.15) is 0 Å². The van der Waals surface area contributed by atoms with Crippen molar-refractivity contribution < 1.29 is 9.90 Å². The lowest BCUT2D eigenvalue weighted by molar-refractivity contribution is 0.102. The number of carbonyl (C=O) groups is 1. The molecule has 0 aromatic heterocycles. The van der Waals surface area contributed by atoms with E-state index in [1.807, 2.05) is 12.1 Å². The van der Waals surface area contributed by atoms with Crippen LogP contribution in [0.15, 0.2) is 42.5 Å². The van der Waals surface area contributed by atoms with Crippen LogP contribution in [0.4, 0.5) is 11.4 Å². The molecule has 0 bridgehead atoms. The summed E-state index contributed by atoms with van der Waals surface area (Å²) >= 11 is 6.01. The van der Waals surface area contributed by atoms with Crippen molar-refractivity contribution in [2.24, 2.45) is 0 Å². The highest BCUT2D eigenvalue weighted by molar-refractivity contribution is 6.36. The first-order valence-corrected chi connectivity index (χ1v) is 6.54. The van der Waals surface area contributed by atoms with Crippen LogP contribution in [0.25, 0.3) is 0 Å². The predicted octanol–water partition coefficient (Wildman–Crippen LogP) is 2.71. The van der Waals surface area contributed by atoms with Gasteiger partial charge in [-0.2, -0.15) is 0 Å². The van der Waals surface area contributed by atoms with Gasteiger partial charge in [0.25, 0.3) is 5.91 Å². The van der Waals surface area contributed by atoms with Gasteiger partial charge >= 0.3 is 0 Å². The number of nitrogen functional groups attached to an aromatic ring is 1. The number of aliphatic hydroxyl groups excluding tert-OH is 1. The highest BCUT2D eigenvalue weighted by Crippen LogP contribution is 2.24. The van der Waals surface area contributed by atoms with E-state index in [0.717, 1.165) is 5.56 Å². The van der Waals surface area contributed by atoms with E-state index in [-0.39, 0.29) is 17.5 Å². The summed E-state index contributed by atoms with van der Waals surface area (Å²) in [5, 5.41) is 11.8. The SMILES string of the molecule is Nc1cccc(C(=O)Nc2ccc(CCO)cc2)c1Cl. The topological polar surface area (TPSA) is 75.4 Å². The van der Waals surface area contributed by atoms with Crippen molar-refractivity contribution in [3.05, 3.63) is 58.6 Å². The van der Waals surface area contributed by atoms with Gasteiger partial charge in [0, 0.05) is 12.3 Å². The van der Waals surface area contributed by atoms with E-state index in [4.69, 9.17) is 22.4 Å². The molecule has 0 aliphatic rings. The molecule has 20 heavy (non-hydrogen) atoms. The van der Waals surface area contributed by atoms with Gasteiger partial charge in [0.2, 0.25) is 0 Å². The molecule has 4 N–H and O–H groups in total. The zero-order chi connectivity index (χ0) is 14.5. The number of anilines is 2. The molecule has 4 nitrogen and oxygen atoms in total. The molecule has 0 spiro atoms. The first-order valence-electron chi connectivity index (χ1n) is 6.17. The van der Waals surface area contributed by atoms with Crippen molar-refractivity contribution in [1.82, 2.24) is 0 Å². The summed E-state index contributed by atoms with van der Waals surface area (Å²) in [5.74, 6) is -0.308. The fourth-order valence-corrected chi connectivity index (χ4v) is 2.02. The van der Waals surface area contributed by atoms with Crippen molar-refractivity contribution in [3.8, 4) is 0 Å². The quantitative estimate of drug-likeness (QED) is 0.758. The van der Waals surface area contributed by atoms with Crippen molar-refractivity contribution >= 4 is 28.9 Å². The molecule has 0 radical (unpaired) electrons. The molecule has 0 saturated heterocycles. The number of nitrogens with two attached hydrogens (primary N) is 1. The zero-order valence-corrected chi connectivity index (χ0v) is 11.5. The van der Waals surface area contributed by atoms with Crippen molar-refractivity contribution in [1.29, 1.82) is 0 Å². The Morgan fingerprint density at radius 2 is 1.90 bits per heavy atom. The summed E-state index contributed by atoms with van der Waals surface area (Å²) in [4.78, 5) is 12.1. The van der Waals surface area contributed by atoms with E-state index in [0.29, 0.717) is 23.4 Å². The fraction of sp³-hybridized carbons (Fsp3) is 0.133. The number of halogens is 1. The molecule has 0 heterocycles. The standard InChI is InChI=1S/C15H15ClN2O2/c16-14-12(2-1-3-13(14)17)15(20)18-11-6-4-10(5-7-11)8-9-19/h1-7,19H,8-9,17H2,(H,18,20). The van der Waals surface area contributed by atoms with Gasteiger partial charge in [-0.3, -0.25) is 4.79 Å². The van der Waals surface area contributed by atoms with Crippen molar-refractivity contribution in [2.75, 3.05) is 17.7 Å². The Kier molecular flexibility index (Phi) is 4.61. The fourth-order valence-electron chi connectivity index (χ4n) is 1.81. The number of amides is 1. The number of nitrogens with one attached hydrogen (secondary N) is 1. The molecule has 2 rings (SSSR count). The first kappa shape index (κ1) is 14.4. The molecule has 2 aromatic rings. The molecule has 0 aliphatic heterocycles. The van der Waals surface area contributed by atoms with Crippen LogP contribution in [0.3, 0.4) is 0 Å². The smallest absolute Gasteiger partial charge is 0.257 e. The molecule has 5 heteroatoms. The number of benzene rings is 2. The number of hydrogen-bond acceptors (Lipinski definition) is 3. The van der Waals surface area contributed by atoms with Gasteiger partial charge in [-0.15, -0.1) is 0 Å². The van der Waals surface area contributed by atoms with Crippen LogP contribution in [-0.2, 0) is 6.42 Å². The minimum Gasteiger partial charge on any atom is -0.398 e. The molecule has 0 aliphatic carbocycles. The molecule has 0 saturated carbocycles. The normalized spacial score (nSPS) is 10.3. The Labute approximate surface area is 122 Å². The van der Waals surface area contributed by atoms with Gasteiger partial charge < -0.3 is 16.2 Å². The van der Waals surface area contributed by atoms with Crippen LogP contribution >= 0.6 is 11.6 Å². The van der Waals surface area contributed by atoms with Gasteiger partial charge in [-0.25, -0.2) is 0 Å². The maximum atomic E-state index is 12.1. The van der Waals surface area contributed by atoms with Crippen molar-refractivity contribution in [3.63, 3.8) is 0 Å². The van der Waals surface area contributed by atoms with E-state index in [1.165, 1.54) is 0 Å². The largest absolute Gasteiger partial charge is 0.398 e. The molecule has 2 aromatic carbocycles. The molecular weight excluding hydrogens is 276 g/mol. The highest BCUT2D eigenvalue weighted by atomic mass is 35.5. The van der Waals surface area contributed by atoms with E-state index < -0.39 is 0 Å². The zero-order valence-electron chi connectivity index (χ0n) is 10.8. The Balaban J connectivity index is 2.13. The average molecular weight is 291 g/mol. The summed E-state index contributed by atoms with van der Waals surface area (Å²) in [6, 6.07) is 12.2. The summed E-state index contributed by atoms with van der Waals surface area (Å²) in [6.07, 6.45) is 0.593. The summed E-state index contributed by atoms with van der Waals surface area (Å²) < 4.78 is 0. The molecule has 104 valence electrons. The number of aliphatic hydroxyl groups is 1. The van der Waals surface area contributed by atoms with Gasteiger partial charge in [0.15, 0.2) is 0 Å². The van der Waals surface area contributed by atoms with Gasteiger partial charge in [0.05, 0.1) is 16.3 Å². The number of carbonyl (C=O) groups excluding carboxylic acids is 1. The monoisotopic (exact) mass is 290 g/mol. The summed E-state index contributed by atoms with van der Waals surface area (Å²) in [5.41, 5.74) is 8.05. The maximum absolute atomic E-state index is 12.1. The average Bonchev–Trinajstić information content (AvgIpc) is 2.44. The Hall–Kier alpha value is -2.04. The van der Waals surface area contributed by atoms with Crippen LogP contribution in [-0.4, -0.2) is 17.6 Å². The molecule has 0 atom stereocenters. The summed E-state index contributed by atoms with van der Waals surface area (Å²) in [7, 11) is 0. The van der Waals surface area contributed by atoms with Crippen molar-refractivity contribution in [2.45, 2.75) is 6.42 Å². The lowest BCUT2D eigenvalue weighted by Gasteiger charge is -2.08. The minimum atomic E-state index is -0.308. The van der Waals surface area contributed by atoms with Gasteiger partial charge in [-0.1, -0.05) is 29.8 Å². The Morgan fingerprint density at radius 3 is 2.55 bits per heavy atom. The third kappa shape index (κ3) is 3.29. The molecule has 0 unspecified atom stereocenters. The number of rotatable bonds is 4. The van der Waals surface area contributed by atoms with E-state index in [9.17, 15) is 4.79 Å².